The van der Waals surface area contributed by atoms with Crippen molar-refractivity contribution in [3.63, 3.8) is 0 Å². The molecular formula is C17H14ClN5O. The molecule has 7 heteroatoms. The van der Waals surface area contributed by atoms with E-state index in [1.54, 1.807) is 23.1 Å². The average molecular weight is 340 g/mol. The quantitative estimate of drug-likeness (QED) is 0.778. The maximum absolute atomic E-state index is 12.3. The van der Waals surface area contributed by atoms with Crippen molar-refractivity contribution in [1.82, 2.24) is 19.7 Å². The third kappa shape index (κ3) is 2.35. The zero-order valence-corrected chi connectivity index (χ0v) is 13.7. The van der Waals surface area contributed by atoms with Gasteiger partial charge in [0.2, 0.25) is 5.91 Å². The van der Waals surface area contributed by atoms with Crippen LogP contribution >= 0.6 is 11.6 Å². The number of anilines is 1. The van der Waals surface area contributed by atoms with Gasteiger partial charge in [-0.3, -0.25) is 4.79 Å². The first kappa shape index (κ1) is 14.8. The number of carbonyl (C=O) groups is 1. The molecule has 0 fully saturated rings. The molecule has 2 aromatic heterocycles. The van der Waals surface area contributed by atoms with Gasteiger partial charge < -0.3 is 5.32 Å². The third-order valence-corrected chi connectivity index (χ3v) is 4.47. The van der Waals surface area contributed by atoms with Crippen LogP contribution in [0.3, 0.4) is 0 Å². The summed E-state index contributed by atoms with van der Waals surface area (Å²) >= 11 is 6.36. The summed E-state index contributed by atoms with van der Waals surface area (Å²) < 4.78 is 1.57. The molecule has 1 aliphatic heterocycles. The van der Waals surface area contributed by atoms with Crippen LogP contribution in [0.15, 0.2) is 42.7 Å². The summed E-state index contributed by atoms with van der Waals surface area (Å²) in [6.45, 7) is 1.92. The van der Waals surface area contributed by atoms with Gasteiger partial charge in [0.25, 0.3) is 5.95 Å². The Labute approximate surface area is 143 Å². The molecule has 24 heavy (non-hydrogen) atoms. The van der Waals surface area contributed by atoms with E-state index in [-0.39, 0.29) is 11.8 Å². The van der Waals surface area contributed by atoms with Crippen LogP contribution in [0, 0.1) is 6.92 Å². The van der Waals surface area contributed by atoms with Gasteiger partial charge in [0.05, 0.1) is 5.69 Å². The topological polar surface area (TPSA) is 72.7 Å². The number of nitrogens with zero attached hydrogens (tertiary/aromatic N) is 4. The van der Waals surface area contributed by atoms with E-state index in [4.69, 9.17) is 11.6 Å². The van der Waals surface area contributed by atoms with Gasteiger partial charge in [0.1, 0.15) is 5.82 Å². The maximum atomic E-state index is 12.3. The average Bonchev–Trinajstić information content (AvgIpc) is 2.92. The van der Waals surface area contributed by atoms with Crippen molar-refractivity contribution in [2.75, 3.05) is 5.32 Å². The Kier molecular flexibility index (Phi) is 3.54. The molecule has 1 amide bonds. The van der Waals surface area contributed by atoms with Crippen LogP contribution in [0.25, 0.3) is 5.95 Å². The van der Waals surface area contributed by atoms with Crippen molar-refractivity contribution in [3.8, 4) is 5.95 Å². The minimum absolute atomic E-state index is 0.0792. The molecule has 1 atom stereocenters. The second kappa shape index (κ2) is 5.72. The normalized spacial score (nSPS) is 16.6. The fraction of sp³-hybridized carbons (Fsp3) is 0.176. The molecular weight excluding hydrogens is 326 g/mol. The molecule has 0 bridgehead atoms. The summed E-state index contributed by atoms with van der Waals surface area (Å²) in [4.78, 5) is 20.7. The molecule has 3 heterocycles. The van der Waals surface area contributed by atoms with E-state index >= 15 is 0 Å². The van der Waals surface area contributed by atoms with E-state index in [0.717, 1.165) is 16.8 Å². The maximum Gasteiger partial charge on any atom is 0.252 e. The van der Waals surface area contributed by atoms with Crippen molar-refractivity contribution in [2.45, 2.75) is 19.3 Å². The Morgan fingerprint density at radius 3 is 2.71 bits per heavy atom. The molecule has 1 aliphatic rings. The van der Waals surface area contributed by atoms with Gasteiger partial charge in [-0.2, -0.15) is 9.78 Å². The Morgan fingerprint density at radius 1 is 1.21 bits per heavy atom. The second-order valence-electron chi connectivity index (χ2n) is 5.63. The SMILES string of the molecule is Cc1nn(-c2ncccn2)c2c1[C@@H](c1ccccc1Cl)CC(=O)N2. The zero-order valence-electron chi connectivity index (χ0n) is 12.9. The lowest BCUT2D eigenvalue weighted by molar-refractivity contribution is -0.116. The highest BCUT2D eigenvalue weighted by Crippen LogP contribution is 2.41. The van der Waals surface area contributed by atoms with Crippen LogP contribution in [0.5, 0.6) is 0 Å². The van der Waals surface area contributed by atoms with Gasteiger partial charge in [0, 0.05) is 35.3 Å². The summed E-state index contributed by atoms with van der Waals surface area (Å²) in [7, 11) is 0. The van der Waals surface area contributed by atoms with Crippen LogP contribution in [0.2, 0.25) is 5.02 Å². The highest BCUT2D eigenvalue weighted by molar-refractivity contribution is 6.31. The smallest absolute Gasteiger partial charge is 0.252 e. The Balaban J connectivity index is 1.91. The molecule has 120 valence electrons. The van der Waals surface area contributed by atoms with Crippen molar-refractivity contribution >= 4 is 23.3 Å². The number of hydrogen-bond donors (Lipinski definition) is 1. The number of fused-ring (bicyclic) bond motifs is 1. The lowest BCUT2D eigenvalue weighted by atomic mass is 9.86. The molecule has 1 N–H and O–H groups in total. The third-order valence-electron chi connectivity index (χ3n) is 4.12. The number of nitrogens with one attached hydrogen (secondary N) is 1. The van der Waals surface area contributed by atoms with E-state index in [0.29, 0.717) is 23.2 Å². The molecule has 3 aromatic rings. The van der Waals surface area contributed by atoms with Gasteiger partial charge in [-0.1, -0.05) is 29.8 Å². The molecule has 0 radical (unpaired) electrons. The van der Waals surface area contributed by atoms with Crippen molar-refractivity contribution in [1.29, 1.82) is 0 Å². The number of halogens is 1. The van der Waals surface area contributed by atoms with Crippen LogP contribution < -0.4 is 5.32 Å². The zero-order chi connectivity index (χ0) is 16.7. The Bertz CT molecular complexity index is 922. The van der Waals surface area contributed by atoms with E-state index in [2.05, 4.69) is 20.4 Å². The Morgan fingerprint density at radius 2 is 1.96 bits per heavy atom. The largest absolute Gasteiger partial charge is 0.310 e. The van der Waals surface area contributed by atoms with Crippen LogP contribution in [-0.2, 0) is 4.79 Å². The summed E-state index contributed by atoms with van der Waals surface area (Å²) in [6.07, 6.45) is 3.61. The Hall–Kier alpha value is -2.73. The van der Waals surface area contributed by atoms with E-state index in [9.17, 15) is 4.79 Å². The van der Waals surface area contributed by atoms with E-state index in [1.165, 1.54) is 0 Å². The van der Waals surface area contributed by atoms with Crippen molar-refractivity contribution < 1.29 is 4.79 Å². The molecule has 0 spiro atoms. The number of hydrogen-bond acceptors (Lipinski definition) is 4. The molecule has 4 rings (SSSR count). The highest BCUT2D eigenvalue weighted by Gasteiger charge is 2.33. The summed E-state index contributed by atoms with van der Waals surface area (Å²) in [5.41, 5.74) is 2.70. The standard InChI is InChI=1S/C17H14ClN5O/c1-10-15-12(11-5-2-3-6-13(11)18)9-14(24)21-16(15)23(22-10)17-19-7-4-8-20-17/h2-8,12H,9H2,1H3,(H,21,24)/t12-/m1/s1. The minimum Gasteiger partial charge on any atom is -0.310 e. The van der Waals surface area contributed by atoms with Gasteiger partial charge in [0.15, 0.2) is 0 Å². The lowest BCUT2D eigenvalue weighted by Gasteiger charge is -2.24. The highest BCUT2D eigenvalue weighted by atomic mass is 35.5. The van der Waals surface area contributed by atoms with E-state index < -0.39 is 0 Å². The molecule has 0 unspecified atom stereocenters. The van der Waals surface area contributed by atoms with Crippen LogP contribution in [0.4, 0.5) is 5.82 Å². The van der Waals surface area contributed by atoms with E-state index in [1.807, 2.05) is 31.2 Å². The first-order chi connectivity index (χ1) is 11.6. The molecule has 0 aliphatic carbocycles. The number of carbonyl (C=O) groups excluding carboxylic acids is 1. The summed E-state index contributed by atoms with van der Waals surface area (Å²) in [5, 5.41) is 8.09. The summed E-state index contributed by atoms with van der Waals surface area (Å²) in [6, 6.07) is 9.32. The fourth-order valence-electron chi connectivity index (χ4n) is 3.12. The second-order valence-corrected chi connectivity index (χ2v) is 6.04. The molecule has 0 saturated heterocycles. The molecule has 6 nitrogen and oxygen atoms in total. The van der Waals surface area contributed by atoms with Gasteiger partial charge >= 0.3 is 0 Å². The number of benzene rings is 1. The number of aryl methyl sites for hydroxylation is 1. The van der Waals surface area contributed by atoms with Crippen LogP contribution in [-0.4, -0.2) is 25.7 Å². The monoisotopic (exact) mass is 339 g/mol. The van der Waals surface area contributed by atoms with Gasteiger partial charge in [-0.15, -0.1) is 0 Å². The van der Waals surface area contributed by atoms with Gasteiger partial charge in [-0.05, 0) is 24.6 Å². The molecule has 0 saturated carbocycles. The van der Waals surface area contributed by atoms with Crippen molar-refractivity contribution in [3.05, 3.63) is 64.6 Å². The van der Waals surface area contributed by atoms with Gasteiger partial charge in [-0.25, -0.2) is 9.97 Å². The number of amides is 1. The van der Waals surface area contributed by atoms with Crippen LogP contribution in [0.1, 0.15) is 29.2 Å². The fourth-order valence-corrected chi connectivity index (χ4v) is 3.38. The minimum atomic E-state index is -0.139. The number of rotatable bonds is 2. The first-order valence-corrected chi connectivity index (χ1v) is 7.94. The predicted octanol–water partition coefficient (Wildman–Crippen LogP) is 3.10. The predicted molar refractivity (Wildman–Crippen MR) is 90.4 cm³/mol. The molecule has 1 aromatic carbocycles. The lowest BCUT2D eigenvalue weighted by Crippen LogP contribution is -2.25. The summed E-state index contributed by atoms with van der Waals surface area (Å²) in [5.74, 6) is 0.811. The van der Waals surface area contributed by atoms with Crippen molar-refractivity contribution in [2.24, 2.45) is 0 Å². The number of aromatic nitrogens is 4. The first-order valence-electron chi connectivity index (χ1n) is 7.56.